The van der Waals surface area contributed by atoms with Crippen molar-refractivity contribution in [3.05, 3.63) is 40.4 Å². The van der Waals surface area contributed by atoms with Gasteiger partial charge < -0.3 is 9.64 Å². The van der Waals surface area contributed by atoms with Gasteiger partial charge in [-0.15, -0.1) is 0 Å². The van der Waals surface area contributed by atoms with Gasteiger partial charge in [-0.1, -0.05) is 40.2 Å². The van der Waals surface area contributed by atoms with Crippen LogP contribution >= 0.6 is 15.9 Å². The molecule has 2 fully saturated rings. The standard InChI is InChI=1S/C22H31BrN2O2/c1-27-21-11-7-19(8-12-21)22(26)25-15-3-14-24(16-17-25)13-2-4-18-5-9-20(23)10-6-18/h2,4-6,9-10,19,21H,3,7-8,11-17H2,1H3/b4-2+. The van der Waals surface area contributed by atoms with E-state index in [4.69, 9.17) is 4.74 Å². The van der Waals surface area contributed by atoms with Gasteiger partial charge in [0.15, 0.2) is 0 Å². The predicted molar refractivity (Wildman–Crippen MR) is 114 cm³/mol. The van der Waals surface area contributed by atoms with Gasteiger partial charge in [-0.3, -0.25) is 9.69 Å². The van der Waals surface area contributed by atoms with Gasteiger partial charge in [0.25, 0.3) is 0 Å². The van der Waals surface area contributed by atoms with Crippen LogP contribution in [0.5, 0.6) is 0 Å². The Morgan fingerprint density at radius 1 is 1.11 bits per heavy atom. The van der Waals surface area contributed by atoms with Crippen LogP contribution in [0.1, 0.15) is 37.7 Å². The van der Waals surface area contributed by atoms with Gasteiger partial charge >= 0.3 is 0 Å². The molecule has 5 heteroatoms. The SMILES string of the molecule is COC1CCC(C(=O)N2CCCN(C/C=C/c3ccc(Br)cc3)CC2)CC1. The summed E-state index contributed by atoms with van der Waals surface area (Å²) in [5.41, 5.74) is 1.22. The third-order valence-electron chi connectivity index (χ3n) is 5.80. The maximum Gasteiger partial charge on any atom is 0.225 e. The zero-order chi connectivity index (χ0) is 19.1. The molecule has 4 nitrogen and oxygen atoms in total. The lowest BCUT2D eigenvalue weighted by Gasteiger charge is -2.31. The summed E-state index contributed by atoms with van der Waals surface area (Å²) in [5.74, 6) is 0.581. The fourth-order valence-corrected chi connectivity index (χ4v) is 4.35. The summed E-state index contributed by atoms with van der Waals surface area (Å²) in [6, 6.07) is 8.35. The van der Waals surface area contributed by atoms with Crippen molar-refractivity contribution in [2.45, 2.75) is 38.2 Å². The van der Waals surface area contributed by atoms with E-state index in [1.54, 1.807) is 7.11 Å². The largest absolute Gasteiger partial charge is 0.381 e. The van der Waals surface area contributed by atoms with Gasteiger partial charge in [0.2, 0.25) is 5.91 Å². The molecule has 1 amide bonds. The number of rotatable bonds is 5. The van der Waals surface area contributed by atoms with E-state index in [0.29, 0.717) is 12.0 Å². The molecule has 0 radical (unpaired) electrons. The van der Waals surface area contributed by atoms with Crippen LogP contribution in [0, 0.1) is 5.92 Å². The zero-order valence-corrected chi connectivity index (χ0v) is 17.9. The Kier molecular flexibility index (Phi) is 7.92. The highest BCUT2D eigenvalue weighted by Crippen LogP contribution is 2.27. The number of ether oxygens (including phenoxy) is 1. The molecular formula is C22H31BrN2O2. The Labute approximate surface area is 171 Å². The second-order valence-corrected chi connectivity index (χ2v) is 8.56. The van der Waals surface area contributed by atoms with Crippen molar-refractivity contribution in [3.8, 4) is 0 Å². The van der Waals surface area contributed by atoms with Gasteiger partial charge in [-0.25, -0.2) is 0 Å². The number of hydrogen-bond acceptors (Lipinski definition) is 3. The van der Waals surface area contributed by atoms with Crippen LogP contribution in [0.25, 0.3) is 6.08 Å². The number of hydrogen-bond donors (Lipinski definition) is 0. The Bertz CT molecular complexity index is 624. The highest BCUT2D eigenvalue weighted by molar-refractivity contribution is 9.10. The summed E-state index contributed by atoms with van der Waals surface area (Å²) < 4.78 is 6.54. The van der Waals surface area contributed by atoms with Gasteiger partial charge in [-0.2, -0.15) is 0 Å². The molecule has 0 N–H and O–H groups in total. The lowest BCUT2D eigenvalue weighted by molar-refractivity contribution is -0.137. The van der Waals surface area contributed by atoms with Crippen molar-refractivity contribution < 1.29 is 9.53 Å². The van der Waals surface area contributed by atoms with Crippen LogP contribution in [0.2, 0.25) is 0 Å². The van der Waals surface area contributed by atoms with Crippen LogP contribution in [-0.4, -0.2) is 61.6 Å². The number of carbonyl (C=O) groups excluding carboxylic acids is 1. The van der Waals surface area contributed by atoms with Crippen LogP contribution in [-0.2, 0) is 9.53 Å². The number of amides is 1. The lowest BCUT2D eigenvalue weighted by Crippen LogP contribution is -2.40. The molecule has 0 unspecified atom stereocenters. The van der Waals surface area contributed by atoms with Crippen LogP contribution in [0.15, 0.2) is 34.8 Å². The molecule has 148 valence electrons. The molecule has 1 heterocycles. The topological polar surface area (TPSA) is 32.8 Å². The van der Waals surface area contributed by atoms with Gasteiger partial charge in [0, 0.05) is 50.2 Å². The van der Waals surface area contributed by atoms with Crippen LogP contribution in [0.3, 0.4) is 0 Å². The molecule has 1 saturated carbocycles. The van der Waals surface area contributed by atoms with Crippen molar-refractivity contribution in [3.63, 3.8) is 0 Å². The third kappa shape index (κ3) is 6.16. The third-order valence-corrected chi connectivity index (χ3v) is 6.33. The van der Waals surface area contributed by atoms with E-state index in [0.717, 1.165) is 69.3 Å². The number of benzene rings is 1. The number of nitrogens with zero attached hydrogens (tertiary/aromatic N) is 2. The summed E-state index contributed by atoms with van der Waals surface area (Å²) in [7, 11) is 1.78. The smallest absolute Gasteiger partial charge is 0.225 e. The summed E-state index contributed by atoms with van der Waals surface area (Å²) in [6.07, 6.45) is 9.82. The fraction of sp³-hybridized carbons (Fsp3) is 0.591. The molecule has 1 aliphatic heterocycles. The Balaban J connectivity index is 1.44. The number of carbonyl (C=O) groups is 1. The quantitative estimate of drug-likeness (QED) is 0.695. The maximum absolute atomic E-state index is 12.9. The molecule has 0 atom stereocenters. The molecule has 1 saturated heterocycles. The van der Waals surface area contributed by atoms with E-state index in [-0.39, 0.29) is 5.92 Å². The monoisotopic (exact) mass is 434 g/mol. The number of halogens is 1. The highest BCUT2D eigenvalue weighted by Gasteiger charge is 2.30. The first kappa shape index (κ1) is 20.6. The Morgan fingerprint density at radius 2 is 1.85 bits per heavy atom. The summed E-state index contributed by atoms with van der Waals surface area (Å²) in [6.45, 7) is 4.72. The summed E-state index contributed by atoms with van der Waals surface area (Å²) in [5, 5.41) is 0. The minimum Gasteiger partial charge on any atom is -0.381 e. The van der Waals surface area contributed by atoms with Crippen molar-refractivity contribution >= 4 is 27.9 Å². The average molecular weight is 435 g/mol. The predicted octanol–water partition coefficient (Wildman–Crippen LogP) is 4.20. The molecule has 0 spiro atoms. The van der Waals surface area contributed by atoms with Gasteiger partial charge in [0.05, 0.1) is 6.10 Å². The van der Waals surface area contributed by atoms with E-state index in [9.17, 15) is 4.79 Å². The molecule has 1 aromatic carbocycles. The lowest BCUT2D eigenvalue weighted by atomic mass is 9.86. The minimum atomic E-state index is 0.209. The van der Waals surface area contributed by atoms with Crippen LogP contribution < -0.4 is 0 Å². The Hall–Kier alpha value is -1.17. The molecule has 1 aliphatic carbocycles. The van der Waals surface area contributed by atoms with E-state index in [2.05, 4.69) is 62.1 Å². The molecule has 3 rings (SSSR count). The average Bonchev–Trinajstić information content (AvgIpc) is 2.95. The number of methoxy groups -OCH3 is 1. The first-order chi connectivity index (χ1) is 13.2. The van der Waals surface area contributed by atoms with Gasteiger partial charge in [-0.05, 0) is 49.8 Å². The summed E-state index contributed by atoms with van der Waals surface area (Å²) >= 11 is 3.47. The first-order valence-electron chi connectivity index (χ1n) is 10.1. The maximum atomic E-state index is 12.9. The normalized spacial score (nSPS) is 24.9. The van der Waals surface area contributed by atoms with Crippen molar-refractivity contribution in [2.24, 2.45) is 5.92 Å². The van der Waals surface area contributed by atoms with E-state index < -0.39 is 0 Å². The second-order valence-electron chi connectivity index (χ2n) is 7.64. The molecule has 27 heavy (non-hydrogen) atoms. The van der Waals surface area contributed by atoms with E-state index in [1.165, 1.54) is 5.56 Å². The molecule has 2 aliphatic rings. The van der Waals surface area contributed by atoms with Crippen molar-refractivity contribution in [1.29, 1.82) is 0 Å². The van der Waals surface area contributed by atoms with Gasteiger partial charge in [0.1, 0.15) is 0 Å². The molecular weight excluding hydrogens is 404 g/mol. The molecule has 0 bridgehead atoms. The fourth-order valence-electron chi connectivity index (χ4n) is 4.09. The molecule has 1 aromatic rings. The molecule has 0 aromatic heterocycles. The Morgan fingerprint density at radius 3 is 2.56 bits per heavy atom. The van der Waals surface area contributed by atoms with Crippen molar-refractivity contribution in [2.75, 3.05) is 39.8 Å². The minimum absolute atomic E-state index is 0.209. The zero-order valence-electron chi connectivity index (χ0n) is 16.3. The van der Waals surface area contributed by atoms with E-state index >= 15 is 0 Å². The van der Waals surface area contributed by atoms with Crippen LogP contribution in [0.4, 0.5) is 0 Å². The van der Waals surface area contributed by atoms with Crippen molar-refractivity contribution in [1.82, 2.24) is 9.80 Å². The first-order valence-corrected chi connectivity index (χ1v) is 10.9. The summed E-state index contributed by atoms with van der Waals surface area (Å²) in [4.78, 5) is 17.4. The highest BCUT2D eigenvalue weighted by atomic mass is 79.9. The second kappa shape index (κ2) is 10.4. The van der Waals surface area contributed by atoms with E-state index in [1.807, 2.05) is 0 Å².